The van der Waals surface area contributed by atoms with Crippen molar-refractivity contribution in [3.8, 4) is 0 Å². The number of esters is 1. The van der Waals surface area contributed by atoms with E-state index in [0.29, 0.717) is 45.0 Å². The fourth-order valence-corrected chi connectivity index (χ4v) is 4.96. The van der Waals surface area contributed by atoms with Crippen molar-refractivity contribution < 1.29 is 71.4 Å². The van der Waals surface area contributed by atoms with Crippen molar-refractivity contribution >= 4 is 18.5 Å². The Morgan fingerprint density at radius 1 is 1.10 bits per heavy atom. The fraction of sp³-hybridized carbons (Fsp3) is 0.719. The third-order valence-corrected chi connectivity index (χ3v) is 7.48. The van der Waals surface area contributed by atoms with Gasteiger partial charge in [-0.05, 0) is 89.5 Å². The molecule has 0 aromatic rings. The van der Waals surface area contributed by atoms with Crippen LogP contribution >= 0.6 is 0 Å². The summed E-state index contributed by atoms with van der Waals surface area (Å²) in [7, 11) is 0. The predicted octanol–water partition coefficient (Wildman–Crippen LogP) is 6.56. The van der Waals surface area contributed by atoms with Crippen LogP contribution in [0.25, 0.3) is 0 Å². The molecule has 0 spiro atoms. The molecule has 7 atom stereocenters. The number of primary amides is 1. The number of amides is 1. The van der Waals surface area contributed by atoms with Crippen LogP contribution in [0.5, 0.6) is 0 Å². The average molecular weight is 604 g/mol. The summed E-state index contributed by atoms with van der Waals surface area (Å²) in [6.07, 6.45) is 15.4. The van der Waals surface area contributed by atoms with Crippen molar-refractivity contribution in [3.63, 3.8) is 0 Å². The number of aliphatic hydroxyl groups excluding tert-OH is 1. The van der Waals surface area contributed by atoms with Crippen molar-refractivity contribution in [2.24, 2.45) is 23.5 Å². The first-order valence-electron chi connectivity index (χ1n) is 15.0. The van der Waals surface area contributed by atoms with Gasteiger partial charge in [0.15, 0.2) is 0 Å². The molecule has 7 unspecified atom stereocenters. The number of nitrogens with two attached hydrogens (primary N) is 1. The Balaban J connectivity index is 0.0000160. The van der Waals surface area contributed by atoms with Crippen LogP contribution in [0.3, 0.4) is 0 Å². The molecule has 1 amide bonds. The Labute approximate surface area is 277 Å². The van der Waals surface area contributed by atoms with Gasteiger partial charge in [-0.1, -0.05) is 63.5 Å². The number of hydrogen-bond donors (Lipinski definition) is 2. The normalized spacial score (nSPS) is 30.2. The quantitative estimate of drug-likeness (QED) is 0.0764. The van der Waals surface area contributed by atoms with E-state index in [1.54, 1.807) is 6.92 Å². The van der Waals surface area contributed by atoms with Gasteiger partial charge in [-0.3, -0.25) is 9.59 Å². The molecule has 0 saturated heterocycles. The Bertz CT molecular complexity index is 844. The van der Waals surface area contributed by atoms with Gasteiger partial charge in [0.25, 0.3) is 6.47 Å². The van der Waals surface area contributed by atoms with Gasteiger partial charge in [0.05, 0.1) is 12.0 Å². The van der Waals surface area contributed by atoms with Gasteiger partial charge >= 0.3 is 12.1 Å². The topological polar surface area (TPSA) is 125 Å². The molecule has 0 aromatic heterocycles. The van der Waals surface area contributed by atoms with E-state index in [0.717, 1.165) is 24.8 Å². The third kappa shape index (κ3) is 18.0. The Morgan fingerprint density at radius 3 is 2.49 bits per heavy atom. The molecule has 1 aliphatic rings. The zero-order valence-corrected chi connectivity index (χ0v) is 26.3. The minimum absolute atomic E-state index is 0. The number of unbranched alkanes of at least 4 members (excludes halogenated alkanes) is 3. The Kier molecular flexibility index (Phi) is 22.4. The number of rotatable bonds is 9. The van der Waals surface area contributed by atoms with Crippen LogP contribution in [0, 0.1) is 55.5 Å². The first-order valence-corrected chi connectivity index (χ1v) is 15.0. The second-order valence-corrected chi connectivity index (χ2v) is 11.4. The molecule has 236 valence electrons. The first kappa shape index (κ1) is 39.6. The number of hydrogen-bond acceptors (Lipinski definition) is 7. The van der Waals surface area contributed by atoms with Crippen molar-refractivity contribution in [1.29, 1.82) is 0 Å². The Hall–Kier alpha value is -1.35. The van der Waals surface area contributed by atoms with Crippen LogP contribution < -0.4 is 5.73 Å². The van der Waals surface area contributed by atoms with E-state index in [2.05, 4.69) is 32.1 Å². The summed E-state index contributed by atoms with van der Waals surface area (Å²) in [5, 5.41) is 10.9. The van der Waals surface area contributed by atoms with Gasteiger partial charge in [0.2, 0.25) is 0 Å². The smallest absolute Gasteiger partial charge is 0.404 e. The molecule has 41 heavy (non-hydrogen) atoms. The van der Waals surface area contributed by atoms with Crippen molar-refractivity contribution in [1.82, 2.24) is 0 Å². The van der Waals surface area contributed by atoms with Crippen molar-refractivity contribution in [2.75, 3.05) is 0 Å². The summed E-state index contributed by atoms with van der Waals surface area (Å²) in [5.74, 6) is -0.866. The van der Waals surface area contributed by atoms with E-state index in [-0.39, 0.29) is 55.7 Å². The maximum absolute atomic E-state index is 13.1. The first-order chi connectivity index (χ1) is 19.1. The number of carbonyl (C=O) groups is 3. The van der Waals surface area contributed by atoms with E-state index < -0.39 is 36.3 Å². The van der Waals surface area contributed by atoms with Crippen LogP contribution in [0.15, 0.2) is 36.0 Å². The van der Waals surface area contributed by atoms with Gasteiger partial charge < -0.3 is 25.1 Å². The molecule has 1 heterocycles. The van der Waals surface area contributed by atoms with Gasteiger partial charge in [0.1, 0.15) is 18.3 Å². The van der Waals surface area contributed by atoms with Crippen LogP contribution in [-0.2, 0) is 23.8 Å². The number of carbonyl (C=O) groups excluding carboxylic acids is 3. The van der Waals surface area contributed by atoms with Gasteiger partial charge in [-0.2, -0.15) is 0 Å². The number of cyclic esters (lactones) is 1. The molecule has 1 rings (SSSR count). The summed E-state index contributed by atoms with van der Waals surface area (Å²) < 4.78 is 16.5. The van der Waals surface area contributed by atoms with E-state index in [9.17, 15) is 19.5 Å². The van der Waals surface area contributed by atoms with Gasteiger partial charge in [-0.15, -0.1) is 0 Å². The molecule has 0 radical (unpaired) electrons. The third-order valence-electron chi connectivity index (χ3n) is 7.48. The number of ether oxygens (including phenoxy) is 3. The molecule has 8 nitrogen and oxygen atoms in total. The zero-order valence-electron chi connectivity index (χ0n) is 25.6. The standard InChI is InChI=1S/C32H53NO7.Ar/c1-6-7-8-9-11-14-23(2)19-27-20-24(3)15-12-10-13-16-29(38-22-34)30(40-32(33)37)18-17-25(4)21-28(35)26(5)31(36)39-27;/h10-12,14,19,22,24-30,35H,6-9,13,15-18,20-21H2,1-5H3,(H2,33,37);/b12-10+,14-11+,23-19+;. The van der Waals surface area contributed by atoms with Crippen LogP contribution in [0.1, 0.15) is 105 Å². The number of aliphatic hydroxyl groups is 1. The van der Waals surface area contributed by atoms with Gasteiger partial charge in [-0.25, -0.2) is 4.79 Å². The van der Waals surface area contributed by atoms with Gasteiger partial charge in [0, 0.05) is 37.7 Å². The summed E-state index contributed by atoms with van der Waals surface area (Å²) in [6.45, 7) is 10.3. The molecular formula is C32H53ArNO7. The molecule has 9 heteroatoms. The minimum Gasteiger partial charge on any atom is -0.461 e. The largest absolute Gasteiger partial charge is 0.461 e. The SMILES string of the molecule is CCCCC/C=C/C(C)=C/C1CC(C)C/C=C/CCC(OC=O)C(OC(N)=O)CCC(C)CC(O)C(C)C(=O)O1.[Ar]. The monoisotopic (exact) mass is 603 g/mol. The summed E-state index contributed by atoms with van der Waals surface area (Å²) in [4.78, 5) is 35.8. The van der Waals surface area contributed by atoms with E-state index in [1.807, 2.05) is 26.0 Å². The maximum atomic E-state index is 13.1. The molecule has 0 saturated carbocycles. The predicted molar refractivity (Wildman–Crippen MR) is 157 cm³/mol. The minimum atomic E-state index is -0.925. The Morgan fingerprint density at radius 2 is 1.83 bits per heavy atom. The van der Waals surface area contributed by atoms with Crippen molar-refractivity contribution in [2.45, 2.75) is 130 Å². The molecule has 0 bridgehead atoms. The van der Waals surface area contributed by atoms with E-state index >= 15 is 0 Å². The molecule has 1 aliphatic heterocycles. The molecule has 3 N–H and O–H groups in total. The fourth-order valence-electron chi connectivity index (χ4n) is 4.96. The van der Waals surface area contributed by atoms with E-state index in [1.165, 1.54) is 12.8 Å². The second-order valence-electron chi connectivity index (χ2n) is 11.4. The van der Waals surface area contributed by atoms with Crippen LogP contribution in [0.2, 0.25) is 0 Å². The van der Waals surface area contributed by atoms with Crippen LogP contribution in [0.4, 0.5) is 4.79 Å². The summed E-state index contributed by atoms with van der Waals surface area (Å²) in [6, 6.07) is 0. The second kappa shape index (κ2) is 23.1. The summed E-state index contributed by atoms with van der Waals surface area (Å²) in [5.41, 5.74) is 6.33. The summed E-state index contributed by atoms with van der Waals surface area (Å²) >= 11 is 0. The average Bonchev–Trinajstić information content (AvgIpc) is 2.88. The van der Waals surface area contributed by atoms with Crippen LogP contribution in [-0.4, -0.2) is 48.1 Å². The number of allylic oxidation sites excluding steroid dienone is 5. The van der Waals surface area contributed by atoms with E-state index in [4.69, 9.17) is 19.9 Å². The molecular weight excluding hydrogens is 550 g/mol. The van der Waals surface area contributed by atoms with Crippen molar-refractivity contribution in [3.05, 3.63) is 36.0 Å². The molecule has 0 aromatic carbocycles. The zero-order chi connectivity index (χ0) is 29.9. The molecule has 0 fully saturated rings. The maximum Gasteiger partial charge on any atom is 0.404 e. The molecule has 0 aliphatic carbocycles.